The van der Waals surface area contributed by atoms with Crippen LogP contribution in [0.25, 0.3) is 0 Å². The van der Waals surface area contributed by atoms with E-state index in [2.05, 4.69) is 14.9 Å². The van der Waals surface area contributed by atoms with Crippen LogP contribution in [0.5, 0.6) is 0 Å². The minimum atomic E-state index is -0.361. The molecule has 6 heteroatoms. The maximum Gasteiger partial charge on any atom is 0.220 e. The molecule has 1 fully saturated rings. The van der Waals surface area contributed by atoms with Crippen molar-refractivity contribution in [3.8, 4) is 0 Å². The van der Waals surface area contributed by atoms with Gasteiger partial charge in [0.2, 0.25) is 5.91 Å². The van der Waals surface area contributed by atoms with Gasteiger partial charge in [0.1, 0.15) is 5.82 Å². The molecule has 5 nitrogen and oxygen atoms in total. The molecule has 1 aromatic heterocycles. The highest BCUT2D eigenvalue weighted by Crippen LogP contribution is 2.30. The van der Waals surface area contributed by atoms with Crippen molar-refractivity contribution < 1.29 is 14.0 Å². The highest BCUT2D eigenvalue weighted by molar-refractivity contribution is 5.96. The lowest BCUT2D eigenvalue weighted by molar-refractivity contribution is -0.122. The molecule has 0 spiro atoms. The molecule has 0 aliphatic heterocycles. The van der Waals surface area contributed by atoms with E-state index in [4.69, 9.17) is 0 Å². The molecule has 1 amide bonds. The Hall–Kier alpha value is -2.50. The van der Waals surface area contributed by atoms with E-state index in [9.17, 15) is 14.0 Å². The first-order chi connectivity index (χ1) is 12.1. The summed E-state index contributed by atoms with van der Waals surface area (Å²) in [4.78, 5) is 28.3. The SMILES string of the molecule is O=C(CCCC(=O)c1ccc(F)cc1)N[C@@H]1CCC[C@H]1n1ccnc1. The number of Topliss-reactive ketones (excluding diaryl/α,β-unsaturated/α-hetero) is 1. The number of carbonyl (C=O) groups excluding carboxylic acids is 2. The Morgan fingerprint density at radius 1 is 1.20 bits per heavy atom. The minimum absolute atomic E-state index is 0.0241. The van der Waals surface area contributed by atoms with E-state index in [0.717, 1.165) is 19.3 Å². The molecule has 0 bridgehead atoms. The number of nitrogens with zero attached hydrogens (tertiary/aromatic N) is 2. The fourth-order valence-corrected chi connectivity index (χ4v) is 3.40. The molecule has 0 unspecified atom stereocenters. The number of nitrogens with one attached hydrogen (secondary N) is 1. The van der Waals surface area contributed by atoms with Crippen molar-refractivity contribution in [2.24, 2.45) is 0 Å². The molecule has 1 heterocycles. The van der Waals surface area contributed by atoms with Crippen LogP contribution in [0.15, 0.2) is 43.0 Å². The molecule has 3 rings (SSSR count). The molecule has 0 saturated heterocycles. The zero-order valence-corrected chi connectivity index (χ0v) is 14.0. The third-order valence-electron chi connectivity index (χ3n) is 4.71. The van der Waals surface area contributed by atoms with Gasteiger partial charge in [-0.2, -0.15) is 0 Å². The van der Waals surface area contributed by atoms with Crippen LogP contribution in [-0.4, -0.2) is 27.3 Å². The molecule has 1 aliphatic carbocycles. The number of benzene rings is 1. The van der Waals surface area contributed by atoms with Gasteiger partial charge in [-0.1, -0.05) is 0 Å². The zero-order valence-electron chi connectivity index (χ0n) is 14.0. The monoisotopic (exact) mass is 343 g/mol. The molecule has 1 aliphatic rings. The van der Waals surface area contributed by atoms with Gasteiger partial charge >= 0.3 is 0 Å². The number of amides is 1. The Balaban J connectivity index is 1.43. The average Bonchev–Trinajstić information content (AvgIpc) is 3.26. The van der Waals surface area contributed by atoms with Gasteiger partial charge in [-0.05, 0) is 49.9 Å². The maximum atomic E-state index is 12.9. The fraction of sp³-hybridized carbons (Fsp3) is 0.421. The van der Waals surface area contributed by atoms with Crippen LogP contribution in [0.4, 0.5) is 4.39 Å². The summed E-state index contributed by atoms with van der Waals surface area (Å²) in [5, 5.41) is 3.09. The second-order valence-electron chi connectivity index (χ2n) is 6.47. The summed E-state index contributed by atoms with van der Waals surface area (Å²) in [7, 11) is 0. The standard InChI is InChI=1S/C19H22FN3O2/c20-15-9-7-14(8-10-15)18(24)5-2-6-19(25)22-16-3-1-4-17(16)23-12-11-21-13-23/h7-13,16-17H,1-6H2,(H,22,25)/t16-,17-/m1/s1. The third kappa shape index (κ3) is 4.53. The lowest BCUT2D eigenvalue weighted by Gasteiger charge is -2.22. The Labute approximate surface area is 146 Å². The van der Waals surface area contributed by atoms with Crippen LogP contribution < -0.4 is 5.32 Å². The molecule has 2 aromatic rings. The minimum Gasteiger partial charge on any atom is -0.351 e. The molecule has 2 atom stereocenters. The number of halogens is 1. The summed E-state index contributed by atoms with van der Waals surface area (Å²) in [5.41, 5.74) is 0.484. The van der Waals surface area contributed by atoms with Crippen molar-refractivity contribution in [2.45, 2.75) is 50.6 Å². The van der Waals surface area contributed by atoms with Gasteiger partial charge in [0.25, 0.3) is 0 Å². The summed E-state index contributed by atoms with van der Waals surface area (Å²) >= 11 is 0. The van der Waals surface area contributed by atoms with E-state index in [1.165, 1.54) is 24.3 Å². The number of hydrogen-bond donors (Lipinski definition) is 1. The van der Waals surface area contributed by atoms with Crippen LogP contribution in [0.2, 0.25) is 0 Å². The predicted octanol–water partition coefficient (Wildman–Crippen LogP) is 3.29. The van der Waals surface area contributed by atoms with Gasteiger partial charge in [-0.15, -0.1) is 0 Å². The number of carbonyl (C=O) groups is 2. The van der Waals surface area contributed by atoms with E-state index in [0.29, 0.717) is 18.4 Å². The number of rotatable bonds is 7. The number of imidazole rings is 1. The topological polar surface area (TPSA) is 64.0 Å². The first kappa shape index (κ1) is 17.3. The molecular weight excluding hydrogens is 321 g/mol. The van der Waals surface area contributed by atoms with Crippen LogP contribution >= 0.6 is 0 Å². The summed E-state index contributed by atoms with van der Waals surface area (Å²) < 4.78 is 14.9. The Morgan fingerprint density at radius 3 is 2.72 bits per heavy atom. The Bertz CT molecular complexity index is 713. The second kappa shape index (κ2) is 8.05. The molecule has 1 N–H and O–H groups in total. The number of aromatic nitrogens is 2. The van der Waals surface area contributed by atoms with Crippen molar-refractivity contribution in [1.29, 1.82) is 0 Å². The summed E-state index contributed by atoms with van der Waals surface area (Å²) in [6.07, 6.45) is 9.63. The van der Waals surface area contributed by atoms with Gasteiger partial charge < -0.3 is 9.88 Å². The molecule has 1 saturated carbocycles. The van der Waals surface area contributed by atoms with Crippen molar-refractivity contribution in [1.82, 2.24) is 14.9 Å². The second-order valence-corrected chi connectivity index (χ2v) is 6.47. The first-order valence-electron chi connectivity index (χ1n) is 8.69. The van der Waals surface area contributed by atoms with E-state index >= 15 is 0 Å². The fourth-order valence-electron chi connectivity index (χ4n) is 3.40. The normalized spacial score (nSPS) is 19.7. The zero-order chi connectivity index (χ0) is 17.6. The van der Waals surface area contributed by atoms with Crippen molar-refractivity contribution in [3.05, 3.63) is 54.4 Å². The predicted molar refractivity (Wildman–Crippen MR) is 91.6 cm³/mol. The number of hydrogen-bond acceptors (Lipinski definition) is 3. The van der Waals surface area contributed by atoms with Crippen molar-refractivity contribution in [3.63, 3.8) is 0 Å². The van der Waals surface area contributed by atoms with E-state index < -0.39 is 0 Å². The van der Waals surface area contributed by atoms with Crippen LogP contribution in [-0.2, 0) is 4.79 Å². The van der Waals surface area contributed by atoms with Gasteiger partial charge in [0, 0.05) is 36.8 Å². The lowest BCUT2D eigenvalue weighted by atomic mass is 10.1. The molecule has 0 radical (unpaired) electrons. The van der Waals surface area contributed by atoms with Crippen molar-refractivity contribution >= 4 is 11.7 Å². The van der Waals surface area contributed by atoms with Gasteiger partial charge in [-0.25, -0.2) is 9.37 Å². The maximum absolute atomic E-state index is 12.9. The Morgan fingerprint density at radius 2 is 2.00 bits per heavy atom. The van der Waals surface area contributed by atoms with E-state index in [1.54, 1.807) is 12.5 Å². The summed E-state index contributed by atoms with van der Waals surface area (Å²) in [6.45, 7) is 0. The quantitative estimate of drug-likeness (QED) is 0.785. The van der Waals surface area contributed by atoms with Gasteiger partial charge in [0.05, 0.1) is 12.4 Å². The molecule has 25 heavy (non-hydrogen) atoms. The molecule has 132 valence electrons. The average molecular weight is 343 g/mol. The van der Waals surface area contributed by atoms with Crippen LogP contribution in [0.1, 0.15) is 54.9 Å². The molecular formula is C19H22FN3O2. The first-order valence-corrected chi connectivity index (χ1v) is 8.69. The lowest BCUT2D eigenvalue weighted by Crippen LogP contribution is -2.38. The smallest absolute Gasteiger partial charge is 0.220 e. The Kier molecular flexibility index (Phi) is 5.58. The van der Waals surface area contributed by atoms with Gasteiger partial charge in [0.15, 0.2) is 5.78 Å². The van der Waals surface area contributed by atoms with E-state index in [1.807, 2.05) is 6.20 Å². The summed E-state index contributed by atoms with van der Waals surface area (Å²) in [6, 6.07) is 5.88. The highest BCUT2D eigenvalue weighted by atomic mass is 19.1. The van der Waals surface area contributed by atoms with Gasteiger partial charge in [-0.3, -0.25) is 9.59 Å². The largest absolute Gasteiger partial charge is 0.351 e. The third-order valence-corrected chi connectivity index (χ3v) is 4.71. The van der Waals surface area contributed by atoms with Crippen LogP contribution in [0.3, 0.4) is 0 Å². The number of ketones is 1. The van der Waals surface area contributed by atoms with Crippen LogP contribution in [0, 0.1) is 5.82 Å². The highest BCUT2D eigenvalue weighted by Gasteiger charge is 2.29. The molecule has 1 aromatic carbocycles. The van der Waals surface area contributed by atoms with Crippen molar-refractivity contribution in [2.75, 3.05) is 0 Å². The summed E-state index contributed by atoms with van der Waals surface area (Å²) in [5.74, 6) is -0.450. The van der Waals surface area contributed by atoms with E-state index in [-0.39, 0.29) is 36.0 Å².